The summed E-state index contributed by atoms with van der Waals surface area (Å²) in [4.78, 5) is 28.9. The number of likely N-dealkylation sites (tertiary alicyclic amines) is 1. The Bertz CT molecular complexity index is 795. The number of carbonyl (C=O) groups is 2. The highest BCUT2D eigenvalue weighted by Gasteiger charge is 2.33. The number of aromatic amines is 1. The number of nitrogens with one attached hydrogen (secondary N) is 2. The molecular weight excluding hydrogens is 314 g/mol. The molecule has 1 saturated heterocycles. The lowest BCUT2D eigenvalue weighted by molar-refractivity contribution is -0.121. The van der Waals surface area contributed by atoms with Crippen LogP contribution in [0.15, 0.2) is 24.4 Å². The van der Waals surface area contributed by atoms with E-state index in [0.29, 0.717) is 12.3 Å². The Kier molecular flexibility index (Phi) is 5.06. The third kappa shape index (κ3) is 3.53. The smallest absolute Gasteiger partial charge is 0.147 e. The van der Waals surface area contributed by atoms with Crippen LogP contribution in [0.3, 0.4) is 0 Å². The van der Waals surface area contributed by atoms with Gasteiger partial charge in [0, 0.05) is 23.6 Å². The Morgan fingerprint density at radius 2 is 2.12 bits per heavy atom. The van der Waals surface area contributed by atoms with Crippen LogP contribution >= 0.6 is 0 Å². The van der Waals surface area contributed by atoms with Crippen molar-refractivity contribution in [1.29, 1.82) is 0 Å². The molecule has 2 N–H and O–H groups in total. The van der Waals surface area contributed by atoms with E-state index in [4.69, 9.17) is 0 Å². The van der Waals surface area contributed by atoms with Crippen LogP contribution in [0.2, 0.25) is 0 Å². The van der Waals surface area contributed by atoms with E-state index >= 15 is 0 Å². The van der Waals surface area contributed by atoms with Gasteiger partial charge in [-0.1, -0.05) is 12.1 Å². The Hall–Kier alpha value is -1.98. The fraction of sp³-hybridized carbons (Fsp3) is 0.500. The van der Waals surface area contributed by atoms with Crippen LogP contribution in [-0.2, 0) is 16.0 Å². The fourth-order valence-corrected chi connectivity index (χ4v) is 4.01. The van der Waals surface area contributed by atoms with E-state index in [1.165, 1.54) is 10.9 Å². The zero-order chi connectivity index (χ0) is 18.1. The van der Waals surface area contributed by atoms with Crippen LogP contribution in [-0.4, -0.2) is 54.2 Å². The van der Waals surface area contributed by atoms with Crippen molar-refractivity contribution in [2.45, 2.75) is 44.7 Å². The summed E-state index contributed by atoms with van der Waals surface area (Å²) in [7, 11) is 3.85. The van der Waals surface area contributed by atoms with Gasteiger partial charge in [0.25, 0.3) is 0 Å². The highest BCUT2D eigenvalue weighted by Crippen LogP contribution is 2.33. The number of carbonyl (C=O) groups excluding carboxylic acids is 2. The van der Waals surface area contributed by atoms with Crippen molar-refractivity contribution >= 4 is 22.5 Å². The topological polar surface area (TPSA) is 65.2 Å². The number of ketones is 2. The Morgan fingerprint density at radius 1 is 1.36 bits per heavy atom. The molecule has 0 bridgehead atoms. The van der Waals surface area contributed by atoms with Crippen molar-refractivity contribution in [2.24, 2.45) is 0 Å². The van der Waals surface area contributed by atoms with E-state index in [9.17, 15) is 9.59 Å². The Balaban J connectivity index is 1.83. The normalized spacial score (nSPS) is 22.4. The maximum absolute atomic E-state index is 11.8. The van der Waals surface area contributed by atoms with Crippen molar-refractivity contribution in [3.63, 3.8) is 0 Å². The number of aromatic nitrogens is 1. The van der Waals surface area contributed by atoms with Gasteiger partial charge in [0.05, 0.1) is 12.1 Å². The lowest BCUT2D eigenvalue weighted by Crippen LogP contribution is -2.34. The summed E-state index contributed by atoms with van der Waals surface area (Å²) >= 11 is 0. The molecule has 2 aromatic rings. The van der Waals surface area contributed by atoms with Gasteiger partial charge < -0.3 is 10.3 Å². The van der Waals surface area contributed by atoms with Crippen molar-refractivity contribution in [3.05, 3.63) is 35.5 Å². The van der Waals surface area contributed by atoms with Crippen LogP contribution in [0.5, 0.6) is 0 Å². The monoisotopic (exact) mass is 341 g/mol. The second-order valence-corrected chi connectivity index (χ2v) is 7.27. The minimum absolute atomic E-state index is 0.0341. The number of benzene rings is 1. The lowest BCUT2D eigenvalue weighted by Gasteiger charge is -2.14. The highest BCUT2D eigenvalue weighted by molar-refractivity contribution is 5.86. The van der Waals surface area contributed by atoms with Gasteiger partial charge in [0.1, 0.15) is 11.6 Å². The van der Waals surface area contributed by atoms with Gasteiger partial charge in [-0.3, -0.25) is 14.5 Å². The van der Waals surface area contributed by atoms with E-state index in [1.807, 2.05) is 20.3 Å². The summed E-state index contributed by atoms with van der Waals surface area (Å²) in [6.07, 6.45) is 3.57. The number of Topliss-reactive ketones (excluding diaryl/α,β-unsaturated/α-hetero) is 2. The van der Waals surface area contributed by atoms with Crippen LogP contribution in [0.25, 0.3) is 10.9 Å². The zero-order valence-electron chi connectivity index (χ0n) is 15.4. The molecule has 0 aliphatic carbocycles. The van der Waals surface area contributed by atoms with Gasteiger partial charge in [-0.05, 0) is 63.9 Å². The molecule has 2 heterocycles. The average molecular weight is 341 g/mol. The number of hydrogen-bond acceptors (Lipinski definition) is 4. The molecule has 1 fully saturated rings. The minimum atomic E-state index is -0.154. The first-order chi connectivity index (χ1) is 11.9. The Labute approximate surface area is 148 Å². The van der Waals surface area contributed by atoms with Gasteiger partial charge in [-0.25, -0.2) is 0 Å². The summed E-state index contributed by atoms with van der Waals surface area (Å²) in [5.41, 5.74) is 3.52. The summed E-state index contributed by atoms with van der Waals surface area (Å²) in [6, 6.07) is 6.39. The van der Waals surface area contributed by atoms with Crippen LogP contribution in [0.4, 0.5) is 0 Å². The third-order valence-electron chi connectivity index (χ3n) is 5.54. The summed E-state index contributed by atoms with van der Waals surface area (Å²) < 4.78 is 0. The minimum Gasteiger partial charge on any atom is -0.361 e. The van der Waals surface area contributed by atoms with Gasteiger partial charge in [0.15, 0.2) is 0 Å². The largest absolute Gasteiger partial charge is 0.361 e. The molecule has 5 heteroatoms. The molecule has 2 unspecified atom stereocenters. The first kappa shape index (κ1) is 17.8. The second-order valence-electron chi connectivity index (χ2n) is 7.27. The maximum atomic E-state index is 11.8. The standard InChI is InChI=1S/C20H27N3O2/c1-12(24)18(21-3)8-15-10-22-19-7-14(5-6-17(15)19)16-9-20(13(2)25)23(4)11-16/h5-7,10,16,18,20-22H,8-9,11H2,1-4H3/t16?,18-,20?/m0/s1. The maximum Gasteiger partial charge on any atom is 0.147 e. The van der Waals surface area contributed by atoms with Crippen molar-refractivity contribution in [3.8, 4) is 0 Å². The summed E-state index contributed by atoms with van der Waals surface area (Å²) in [5, 5.41) is 4.25. The molecule has 3 atom stereocenters. The van der Waals surface area contributed by atoms with Crippen LogP contribution in [0, 0.1) is 0 Å². The number of fused-ring (bicyclic) bond motifs is 1. The van der Waals surface area contributed by atoms with Gasteiger partial charge in [-0.2, -0.15) is 0 Å². The van der Waals surface area contributed by atoms with E-state index in [-0.39, 0.29) is 23.7 Å². The molecule has 1 aliphatic heterocycles. The molecule has 0 saturated carbocycles. The molecule has 1 aromatic carbocycles. The van der Waals surface area contributed by atoms with E-state index in [2.05, 4.69) is 33.4 Å². The molecule has 1 aliphatic rings. The summed E-state index contributed by atoms with van der Waals surface area (Å²) in [6.45, 7) is 4.21. The lowest BCUT2D eigenvalue weighted by atomic mass is 9.94. The molecule has 1 aromatic heterocycles. The van der Waals surface area contributed by atoms with Crippen molar-refractivity contribution in [2.75, 3.05) is 20.6 Å². The van der Waals surface area contributed by atoms with Crippen molar-refractivity contribution in [1.82, 2.24) is 15.2 Å². The number of nitrogens with zero attached hydrogens (tertiary/aromatic N) is 1. The number of hydrogen-bond donors (Lipinski definition) is 2. The highest BCUT2D eigenvalue weighted by atomic mass is 16.1. The average Bonchev–Trinajstić information content (AvgIpc) is 3.15. The molecule has 0 spiro atoms. The zero-order valence-corrected chi connectivity index (χ0v) is 15.4. The van der Waals surface area contributed by atoms with E-state index in [1.54, 1.807) is 13.8 Å². The molecule has 134 valence electrons. The molecule has 0 amide bonds. The Morgan fingerprint density at radius 3 is 2.72 bits per heavy atom. The van der Waals surface area contributed by atoms with E-state index in [0.717, 1.165) is 24.0 Å². The molecule has 0 radical (unpaired) electrons. The van der Waals surface area contributed by atoms with Gasteiger partial charge >= 0.3 is 0 Å². The molecule has 25 heavy (non-hydrogen) atoms. The molecular formula is C20H27N3O2. The quantitative estimate of drug-likeness (QED) is 0.846. The van der Waals surface area contributed by atoms with Gasteiger partial charge in [0.2, 0.25) is 0 Å². The van der Waals surface area contributed by atoms with Crippen LogP contribution in [0.1, 0.15) is 37.3 Å². The molecule has 5 nitrogen and oxygen atoms in total. The predicted octanol–water partition coefficient (Wildman–Crippen LogP) is 2.26. The SMILES string of the molecule is CN[C@@H](Cc1c[nH]c2cc(C3CC(C(C)=O)N(C)C3)ccc12)C(C)=O. The van der Waals surface area contributed by atoms with E-state index < -0.39 is 0 Å². The summed E-state index contributed by atoms with van der Waals surface area (Å²) in [5.74, 6) is 0.783. The van der Waals surface area contributed by atoms with Gasteiger partial charge in [-0.15, -0.1) is 0 Å². The first-order valence-electron chi connectivity index (χ1n) is 8.89. The number of likely N-dealkylation sites (N-methyl/N-ethyl adjacent to an activating group) is 2. The predicted molar refractivity (Wildman–Crippen MR) is 100.0 cm³/mol. The fourth-order valence-electron chi connectivity index (χ4n) is 4.01. The van der Waals surface area contributed by atoms with Crippen LogP contribution < -0.4 is 5.32 Å². The third-order valence-corrected chi connectivity index (χ3v) is 5.54. The van der Waals surface area contributed by atoms with Crippen molar-refractivity contribution < 1.29 is 9.59 Å². The first-order valence-corrected chi connectivity index (χ1v) is 8.89. The second kappa shape index (κ2) is 7.10. The molecule has 3 rings (SSSR count). The number of H-pyrrole nitrogens is 1. The number of rotatable bonds is 6.